The molecule has 1 fully saturated rings. The van der Waals surface area contributed by atoms with Crippen LogP contribution in [0.15, 0.2) is 24.3 Å². The van der Waals surface area contributed by atoms with Crippen molar-refractivity contribution >= 4 is 0 Å². The maximum absolute atomic E-state index is 14.2. The molecule has 2 nitrogen and oxygen atoms in total. The van der Waals surface area contributed by atoms with E-state index in [1.165, 1.54) is 6.42 Å². The summed E-state index contributed by atoms with van der Waals surface area (Å²) in [6.07, 6.45) is 6.90. The zero-order chi connectivity index (χ0) is 16.7. The van der Waals surface area contributed by atoms with E-state index in [0.29, 0.717) is 6.42 Å². The van der Waals surface area contributed by atoms with E-state index in [1.54, 1.807) is 12.1 Å². The summed E-state index contributed by atoms with van der Waals surface area (Å²) >= 11 is 0. The molecule has 3 atom stereocenters. The van der Waals surface area contributed by atoms with Gasteiger partial charge in [0.2, 0.25) is 0 Å². The molecule has 0 amide bonds. The number of hydrogen-bond acceptors (Lipinski definition) is 2. The summed E-state index contributed by atoms with van der Waals surface area (Å²) in [4.78, 5) is 2.49. The van der Waals surface area contributed by atoms with Crippen molar-refractivity contribution in [2.24, 2.45) is 5.92 Å². The summed E-state index contributed by atoms with van der Waals surface area (Å²) in [6, 6.07) is 7.35. The smallest absolute Gasteiger partial charge is 0.126 e. The van der Waals surface area contributed by atoms with Crippen LogP contribution in [-0.2, 0) is 6.42 Å². The first kappa shape index (κ1) is 18.4. The fourth-order valence-corrected chi connectivity index (χ4v) is 4.05. The Labute approximate surface area is 140 Å². The highest BCUT2D eigenvalue weighted by Gasteiger charge is 2.34. The number of nitrogens with zero attached hydrogens (tertiary/aromatic N) is 1. The van der Waals surface area contributed by atoms with Crippen LogP contribution in [0.5, 0.6) is 0 Å². The van der Waals surface area contributed by atoms with Crippen molar-refractivity contribution in [1.29, 1.82) is 0 Å². The van der Waals surface area contributed by atoms with Gasteiger partial charge < -0.3 is 5.11 Å². The summed E-state index contributed by atoms with van der Waals surface area (Å²) in [5.41, 5.74) is 0.785. The maximum atomic E-state index is 14.2. The van der Waals surface area contributed by atoms with Gasteiger partial charge in [-0.05, 0) is 56.8 Å². The van der Waals surface area contributed by atoms with Gasteiger partial charge in [-0.2, -0.15) is 0 Å². The first-order chi connectivity index (χ1) is 11.2. The fraction of sp³-hybridized carbons (Fsp3) is 0.700. The second-order valence-electron chi connectivity index (χ2n) is 6.91. The van der Waals surface area contributed by atoms with Gasteiger partial charge >= 0.3 is 0 Å². The van der Waals surface area contributed by atoms with Crippen LogP contribution in [0.4, 0.5) is 4.39 Å². The summed E-state index contributed by atoms with van der Waals surface area (Å²) in [5.74, 6) is 0.150. The van der Waals surface area contributed by atoms with Crippen LogP contribution in [0.3, 0.4) is 0 Å². The van der Waals surface area contributed by atoms with Gasteiger partial charge in [0.25, 0.3) is 0 Å². The molecule has 1 aliphatic carbocycles. The van der Waals surface area contributed by atoms with E-state index in [0.717, 1.165) is 50.8 Å². The van der Waals surface area contributed by atoms with E-state index >= 15 is 0 Å². The van der Waals surface area contributed by atoms with Crippen LogP contribution >= 0.6 is 0 Å². The van der Waals surface area contributed by atoms with Gasteiger partial charge in [0.15, 0.2) is 0 Å². The molecule has 3 unspecified atom stereocenters. The van der Waals surface area contributed by atoms with Gasteiger partial charge in [-0.1, -0.05) is 44.9 Å². The van der Waals surface area contributed by atoms with Crippen molar-refractivity contribution in [3.8, 4) is 0 Å². The molecule has 1 aromatic rings. The maximum Gasteiger partial charge on any atom is 0.126 e. The van der Waals surface area contributed by atoms with Crippen molar-refractivity contribution in [2.75, 3.05) is 13.1 Å². The summed E-state index contributed by atoms with van der Waals surface area (Å²) < 4.78 is 14.2. The van der Waals surface area contributed by atoms with Crippen molar-refractivity contribution in [3.63, 3.8) is 0 Å². The Morgan fingerprint density at radius 1 is 1.13 bits per heavy atom. The fourth-order valence-electron chi connectivity index (χ4n) is 4.05. The van der Waals surface area contributed by atoms with E-state index < -0.39 is 0 Å². The Hall–Kier alpha value is -0.930. The lowest BCUT2D eigenvalue weighted by Crippen LogP contribution is -2.48. The van der Waals surface area contributed by atoms with Crippen molar-refractivity contribution in [2.45, 2.75) is 70.9 Å². The van der Waals surface area contributed by atoms with Crippen molar-refractivity contribution in [1.82, 2.24) is 4.90 Å². The third-order valence-electron chi connectivity index (χ3n) is 5.15. The van der Waals surface area contributed by atoms with Crippen LogP contribution in [0.1, 0.15) is 57.9 Å². The van der Waals surface area contributed by atoms with Crippen LogP contribution in [0, 0.1) is 11.7 Å². The molecule has 2 rings (SSSR count). The number of benzene rings is 1. The average Bonchev–Trinajstić information content (AvgIpc) is 2.55. The Morgan fingerprint density at radius 2 is 1.78 bits per heavy atom. The zero-order valence-electron chi connectivity index (χ0n) is 14.7. The lowest BCUT2D eigenvalue weighted by atomic mass is 9.78. The summed E-state index contributed by atoms with van der Waals surface area (Å²) in [7, 11) is 0. The molecule has 0 spiro atoms. The molecule has 1 N–H and O–H groups in total. The lowest BCUT2D eigenvalue weighted by molar-refractivity contribution is 0.00817. The van der Waals surface area contributed by atoms with E-state index in [2.05, 4.69) is 18.7 Å². The summed E-state index contributed by atoms with van der Waals surface area (Å²) in [5, 5.41) is 10.6. The molecule has 3 heteroatoms. The van der Waals surface area contributed by atoms with Crippen molar-refractivity contribution in [3.05, 3.63) is 35.6 Å². The first-order valence-corrected chi connectivity index (χ1v) is 9.32. The van der Waals surface area contributed by atoms with Crippen LogP contribution in [0.2, 0.25) is 0 Å². The third kappa shape index (κ3) is 5.02. The quantitative estimate of drug-likeness (QED) is 0.766. The predicted octanol–water partition coefficient (Wildman–Crippen LogP) is 4.41. The number of halogens is 1. The van der Waals surface area contributed by atoms with E-state index in [1.807, 2.05) is 12.1 Å². The molecular weight excluding hydrogens is 289 g/mol. The normalized spacial score (nSPS) is 23.2. The summed E-state index contributed by atoms with van der Waals surface area (Å²) in [6.45, 7) is 6.44. The molecule has 0 radical (unpaired) electrons. The highest BCUT2D eigenvalue weighted by atomic mass is 19.1. The minimum atomic E-state index is -0.239. The number of hydrogen-bond donors (Lipinski definition) is 1. The van der Waals surface area contributed by atoms with E-state index in [4.69, 9.17) is 0 Å². The van der Waals surface area contributed by atoms with E-state index in [9.17, 15) is 9.50 Å². The predicted molar refractivity (Wildman–Crippen MR) is 94.0 cm³/mol. The molecule has 1 aromatic carbocycles. The highest BCUT2D eigenvalue weighted by molar-refractivity contribution is 5.19. The van der Waals surface area contributed by atoms with E-state index in [-0.39, 0.29) is 23.9 Å². The standard InChI is InChI=1S/C20H32FNO/c1-3-13-22(14-4-2)19(17-10-6-8-12-20(17)23)15-16-9-5-7-11-18(16)21/h5,7,9,11,17,19-20,23H,3-4,6,8,10,12-15H2,1-2H3. The molecule has 0 aliphatic heterocycles. The van der Waals surface area contributed by atoms with Crippen LogP contribution in [-0.4, -0.2) is 35.2 Å². The molecule has 0 saturated heterocycles. The molecule has 1 saturated carbocycles. The van der Waals surface area contributed by atoms with Gasteiger partial charge in [-0.25, -0.2) is 4.39 Å². The van der Waals surface area contributed by atoms with Crippen LogP contribution in [0.25, 0.3) is 0 Å². The Balaban J connectivity index is 2.23. The number of aliphatic hydroxyl groups is 1. The zero-order valence-corrected chi connectivity index (χ0v) is 14.7. The lowest BCUT2D eigenvalue weighted by Gasteiger charge is -2.41. The molecular formula is C20H32FNO. The molecule has 130 valence electrons. The largest absolute Gasteiger partial charge is 0.393 e. The second-order valence-corrected chi connectivity index (χ2v) is 6.91. The molecule has 0 bridgehead atoms. The minimum absolute atomic E-state index is 0.115. The molecule has 1 aliphatic rings. The molecule has 23 heavy (non-hydrogen) atoms. The monoisotopic (exact) mass is 321 g/mol. The average molecular weight is 321 g/mol. The van der Waals surface area contributed by atoms with Gasteiger partial charge in [-0.15, -0.1) is 0 Å². The topological polar surface area (TPSA) is 23.5 Å². The Kier molecular flexibility index (Phi) is 7.51. The third-order valence-corrected chi connectivity index (χ3v) is 5.15. The highest BCUT2D eigenvalue weighted by Crippen LogP contribution is 2.32. The van der Waals surface area contributed by atoms with Crippen molar-refractivity contribution < 1.29 is 9.50 Å². The van der Waals surface area contributed by atoms with Gasteiger partial charge in [-0.3, -0.25) is 4.90 Å². The molecule has 0 aromatic heterocycles. The Bertz CT molecular complexity index is 459. The van der Waals surface area contributed by atoms with Crippen LogP contribution < -0.4 is 0 Å². The second kappa shape index (κ2) is 9.39. The Morgan fingerprint density at radius 3 is 2.39 bits per heavy atom. The minimum Gasteiger partial charge on any atom is -0.393 e. The van der Waals surface area contributed by atoms with Gasteiger partial charge in [0, 0.05) is 12.0 Å². The number of aliphatic hydroxyl groups excluding tert-OH is 1. The molecule has 0 heterocycles. The first-order valence-electron chi connectivity index (χ1n) is 9.32. The SMILES string of the molecule is CCCN(CCC)C(Cc1ccccc1F)C1CCCCC1O. The van der Waals surface area contributed by atoms with Gasteiger partial charge in [0.05, 0.1) is 6.10 Å². The number of rotatable bonds is 8. The van der Waals surface area contributed by atoms with Gasteiger partial charge in [0.1, 0.15) is 5.82 Å².